The first-order valence-corrected chi connectivity index (χ1v) is 7.23. The second-order valence-electron chi connectivity index (χ2n) is 6.53. The molecule has 0 amide bonds. The zero-order chi connectivity index (χ0) is 15.1. The average Bonchev–Trinajstić information content (AvgIpc) is 3.06. The van der Waals surface area contributed by atoms with Gasteiger partial charge in [0.1, 0.15) is 17.5 Å². The molecule has 0 radical (unpaired) electrons. The topological polar surface area (TPSA) is 82.7 Å². The van der Waals surface area contributed by atoms with Gasteiger partial charge in [0.05, 0.1) is 11.9 Å². The van der Waals surface area contributed by atoms with E-state index >= 15 is 0 Å². The zero-order valence-corrected chi connectivity index (χ0v) is 12.7. The van der Waals surface area contributed by atoms with Crippen molar-refractivity contribution in [2.75, 3.05) is 13.1 Å². The number of hydrogen-bond donors (Lipinski definition) is 3. The predicted octanol–water partition coefficient (Wildman–Crippen LogP) is 1.09. The SMILES string of the molecule is CC(C)(C=O)Cc1c[nH]c2ncc(C3(C)NCCN3)nc12. The number of H-pyrrole nitrogens is 1. The molecule has 3 heterocycles. The predicted molar refractivity (Wildman–Crippen MR) is 80.8 cm³/mol. The second kappa shape index (κ2) is 4.89. The summed E-state index contributed by atoms with van der Waals surface area (Å²) in [7, 11) is 0. The number of nitrogens with one attached hydrogen (secondary N) is 3. The fraction of sp³-hybridized carbons (Fsp3) is 0.533. The molecule has 0 aromatic carbocycles. The van der Waals surface area contributed by atoms with Gasteiger partial charge in [-0.25, -0.2) is 9.97 Å². The molecule has 0 spiro atoms. The van der Waals surface area contributed by atoms with Gasteiger partial charge in [0.15, 0.2) is 5.65 Å². The Balaban J connectivity index is 2.02. The molecule has 0 unspecified atom stereocenters. The van der Waals surface area contributed by atoms with Crippen LogP contribution in [0.4, 0.5) is 0 Å². The monoisotopic (exact) mass is 287 g/mol. The Morgan fingerprint density at radius 3 is 2.76 bits per heavy atom. The number of rotatable bonds is 4. The molecule has 1 aliphatic heterocycles. The molecular weight excluding hydrogens is 266 g/mol. The van der Waals surface area contributed by atoms with Crippen molar-refractivity contribution in [2.45, 2.75) is 32.9 Å². The van der Waals surface area contributed by atoms with E-state index in [0.717, 1.165) is 41.8 Å². The third kappa shape index (κ3) is 2.56. The molecule has 21 heavy (non-hydrogen) atoms. The fourth-order valence-corrected chi connectivity index (χ4v) is 2.72. The summed E-state index contributed by atoms with van der Waals surface area (Å²) in [5.74, 6) is 0. The van der Waals surface area contributed by atoms with Crippen LogP contribution in [0.5, 0.6) is 0 Å². The van der Waals surface area contributed by atoms with E-state index in [2.05, 4.69) is 27.5 Å². The number of hydrogen-bond acceptors (Lipinski definition) is 5. The summed E-state index contributed by atoms with van der Waals surface area (Å²) in [6.07, 6.45) is 5.33. The third-order valence-corrected chi connectivity index (χ3v) is 4.02. The first kappa shape index (κ1) is 14.2. The molecule has 1 fully saturated rings. The van der Waals surface area contributed by atoms with Gasteiger partial charge in [0.2, 0.25) is 0 Å². The molecule has 2 aromatic heterocycles. The van der Waals surface area contributed by atoms with Gasteiger partial charge in [-0.3, -0.25) is 10.6 Å². The summed E-state index contributed by atoms with van der Waals surface area (Å²) >= 11 is 0. The van der Waals surface area contributed by atoms with Crippen LogP contribution in [0.25, 0.3) is 11.2 Å². The molecule has 112 valence electrons. The maximum absolute atomic E-state index is 11.1. The lowest BCUT2D eigenvalue weighted by atomic mass is 9.88. The highest BCUT2D eigenvalue weighted by Gasteiger charge is 2.32. The van der Waals surface area contributed by atoms with Gasteiger partial charge >= 0.3 is 0 Å². The van der Waals surface area contributed by atoms with Crippen molar-refractivity contribution in [1.82, 2.24) is 25.6 Å². The molecule has 6 heteroatoms. The average molecular weight is 287 g/mol. The molecule has 0 saturated carbocycles. The Morgan fingerprint density at radius 1 is 1.38 bits per heavy atom. The highest BCUT2D eigenvalue weighted by molar-refractivity contribution is 5.76. The second-order valence-corrected chi connectivity index (χ2v) is 6.53. The van der Waals surface area contributed by atoms with Crippen LogP contribution in [0.2, 0.25) is 0 Å². The maximum Gasteiger partial charge on any atom is 0.156 e. The van der Waals surface area contributed by atoms with Gasteiger partial charge in [-0.05, 0) is 18.9 Å². The highest BCUT2D eigenvalue weighted by atomic mass is 16.1. The van der Waals surface area contributed by atoms with Crippen LogP contribution >= 0.6 is 0 Å². The Bertz CT molecular complexity index is 670. The van der Waals surface area contributed by atoms with Crippen molar-refractivity contribution in [3.63, 3.8) is 0 Å². The lowest BCUT2D eigenvalue weighted by Gasteiger charge is -2.24. The fourth-order valence-electron chi connectivity index (χ4n) is 2.72. The smallest absolute Gasteiger partial charge is 0.156 e. The van der Waals surface area contributed by atoms with Crippen LogP contribution in [0.15, 0.2) is 12.4 Å². The summed E-state index contributed by atoms with van der Waals surface area (Å²) in [5.41, 5.74) is 2.77. The minimum absolute atomic E-state index is 0.337. The van der Waals surface area contributed by atoms with Crippen molar-refractivity contribution in [3.05, 3.63) is 23.7 Å². The molecule has 0 atom stereocenters. The Labute approximate surface area is 123 Å². The van der Waals surface area contributed by atoms with Crippen LogP contribution in [-0.4, -0.2) is 34.3 Å². The van der Waals surface area contributed by atoms with E-state index < -0.39 is 5.41 Å². The molecule has 1 aliphatic rings. The molecular formula is C15H21N5O. The summed E-state index contributed by atoms with van der Waals surface area (Å²) in [6, 6.07) is 0. The van der Waals surface area contributed by atoms with E-state index in [9.17, 15) is 4.79 Å². The quantitative estimate of drug-likeness (QED) is 0.733. The largest absolute Gasteiger partial charge is 0.345 e. The van der Waals surface area contributed by atoms with Crippen LogP contribution in [0, 0.1) is 5.41 Å². The maximum atomic E-state index is 11.1. The third-order valence-electron chi connectivity index (χ3n) is 4.02. The summed E-state index contributed by atoms with van der Waals surface area (Å²) in [6.45, 7) is 7.75. The standard InChI is InChI=1S/C15H21N5O/c1-14(2,9-21)6-10-7-16-13-12(10)20-11(8-17-13)15(3)18-4-5-19-15/h7-9,18-19H,4-6H2,1-3H3,(H,16,17). The lowest BCUT2D eigenvalue weighted by molar-refractivity contribution is -0.114. The van der Waals surface area contributed by atoms with E-state index in [1.54, 1.807) is 6.20 Å². The van der Waals surface area contributed by atoms with Crippen molar-refractivity contribution in [2.24, 2.45) is 5.41 Å². The number of carbonyl (C=O) groups excluding carboxylic acids is 1. The summed E-state index contributed by atoms with van der Waals surface area (Å²) in [4.78, 5) is 23.5. The van der Waals surface area contributed by atoms with Crippen molar-refractivity contribution in [1.29, 1.82) is 0 Å². The van der Waals surface area contributed by atoms with Crippen LogP contribution in [0.3, 0.4) is 0 Å². The molecule has 3 N–H and O–H groups in total. The summed E-state index contributed by atoms with van der Waals surface area (Å²) in [5, 5.41) is 6.81. The molecule has 1 saturated heterocycles. The van der Waals surface area contributed by atoms with Gasteiger partial charge in [-0.2, -0.15) is 0 Å². The van der Waals surface area contributed by atoms with Gasteiger partial charge in [-0.1, -0.05) is 13.8 Å². The Morgan fingerprint density at radius 2 is 2.10 bits per heavy atom. The molecule has 0 aliphatic carbocycles. The van der Waals surface area contributed by atoms with Crippen LogP contribution in [0.1, 0.15) is 32.0 Å². The highest BCUT2D eigenvalue weighted by Crippen LogP contribution is 2.26. The van der Waals surface area contributed by atoms with E-state index in [1.165, 1.54) is 0 Å². The number of nitrogens with zero attached hydrogens (tertiary/aromatic N) is 2. The zero-order valence-electron chi connectivity index (χ0n) is 12.7. The first-order valence-electron chi connectivity index (χ1n) is 7.23. The normalized spacial score (nSPS) is 18.2. The van der Waals surface area contributed by atoms with Crippen LogP contribution in [-0.2, 0) is 16.9 Å². The van der Waals surface area contributed by atoms with E-state index in [0.29, 0.717) is 6.42 Å². The summed E-state index contributed by atoms with van der Waals surface area (Å²) < 4.78 is 0. The van der Waals surface area contributed by atoms with E-state index in [4.69, 9.17) is 4.98 Å². The molecule has 2 aromatic rings. The first-order chi connectivity index (χ1) is 9.93. The van der Waals surface area contributed by atoms with Crippen molar-refractivity contribution in [3.8, 4) is 0 Å². The molecule has 6 nitrogen and oxygen atoms in total. The minimum atomic E-state index is -0.402. The van der Waals surface area contributed by atoms with Gasteiger partial charge in [0, 0.05) is 24.7 Å². The Kier molecular flexibility index (Phi) is 3.30. The van der Waals surface area contributed by atoms with Gasteiger partial charge in [0.25, 0.3) is 0 Å². The lowest BCUT2D eigenvalue weighted by Crippen LogP contribution is -2.43. The molecule has 3 rings (SSSR count). The van der Waals surface area contributed by atoms with E-state index in [1.807, 2.05) is 20.0 Å². The van der Waals surface area contributed by atoms with Crippen LogP contribution < -0.4 is 10.6 Å². The van der Waals surface area contributed by atoms with E-state index in [-0.39, 0.29) is 5.66 Å². The van der Waals surface area contributed by atoms with Crippen molar-refractivity contribution < 1.29 is 4.79 Å². The number of carbonyl (C=O) groups is 1. The minimum Gasteiger partial charge on any atom is -0.345 e. The number of aromatic amines is 1. The Hall–Kier alpha value is -1.79. The number of fused-ring (bicyclic) bond motifs is 1. The number of aromatic nitrogens is 3. The number of aldehydes is 1. The van der Waals surface area contributed by atoms with Gasteiger partial charge in [-0.15, -0.1) is 0 Å². The van der Waals surface area contributed by atoms with Crippen molar-refractivity contribution >= 4 is 17.5 Å². The van der Waals surface area contributed by atoms with Gasteiger partial charge < -0.3 is 9.78 Å². The molecule has 0 bridgehead atoms.